The zero-order valence-electron chi connectivity index (χ0n) is 12.3. The molecule has 1 aromatic carbocycles. The van der Waals surface area contributed by atoms with Crippen LogP contribution >= 0.6 is 0 Å². The average molecular weight is 287 g/mol. The van der Waals surface area contributed by atoms with Crippen LogP contribution in [-0.2, 0) is 9.53 Å². The lowest BCUT2D eigenvalue weighted by Gasteiger charge is -2.21. The Balaban J connectivity index is 2.00. The third-order valence-corrected chi connectivity index (χ3v) is 3.48. The topological polar surface area (TPSA) is 58.6 Å². The van der Waals surface area contributed by atoms with Crippen molar-refractivity contribution >= 4 is 11.6 Å². The normalized spacial score (nSPS) is 17.7. The number of hydrogen-bond acceptors (Lipinski definition) is 3. The van der Waals surface area contributed by atoms with Crippen molar-refractivity contribution in [2.45, 2.75) is 26.2 Å². The summed E-state index contributed by atoms with van der Waals surface area (Å²) in [6.45, 7) is 3.29. The predicted octanol–water partition coefficient (Wildman–Crippen LogP) is 2.09. The summed E-state index contributed by atoms with van der Waals surface area (Å²) in [4.78, 5) is 12.2. The first-order valence-corrected chi connectivity index (χ1v) is 7.29. The molecule has 0 aliphatic carbocycles. The van der Waals surface area contributed by atoms with Crippen LogP contribution < -0.4 is 5.32 Å². The number of rotatable bonds is 3. The molecule has 0 aromatic heterocycles. The quantitative estimate of drug-likeness (QED) is 0.837. The molecule has 2 rings (SSSR count). The Kier molecular flexibility index (Phi) is 5.79. The summed E-state index contributed by atoms with van der Waals surface area (Å²) in [5.74, 6) is 5.85. The van der Waals surface area contributed by atoms with Gasteiger partial charge in [0.15, 0.2) is 0 Å². The van der Waals surface area contributed by atoms with Gasteiger partial charge in [-0.25, -0.2) is 0 Å². The van der Waals surface area contributed by atoms with Gasteiger partial charge >= 0.3 is 0 Å². The van der Waals surface area contributed by atoms with Gasteiger partial charge in [-0.2, -0.15) is 0 Å². The van der Waals surface area contributed by atoms with Crippen LogP contribution in [0.4, 0.5) is 5.69 Å². The van der Waals surface area contributed by atoms with E-state index in [4.69, 9.17) is 9.84 Å². The van der Waals surface area contributed by atoms with E-state index >= 15 is 0 Å². The molecule has 1 amide bonds. The monoisotopic (exact) mass is 287 g/mol. The van der Waals surface area contributed by atoms with Crippen LogP contribution in [0.25, 0.3) is 0 Å². The number of aliphatic hydroxyl groups is 1. The molecule has 4 heteroatoms. The molecule has 112 valence electrons. The fourth-order valence-electron chi connectivity index (χ4n) is 2.28. The van der Waals surface area contributed by atoms with Crippen molar-refractivity contribution in [3.63, 3.8) is 0 Å². The lowest BCUT2D eigenvalue weighted by atomic mass is 10.0. The number of ether oxygens (including phenoxy) is 1. The Morgan fingerprint density at radius 3 is 3.05 bits per heavy atom. The highest BCUT2D eigenvalue weighted by molar-refractivity contribution is 5.93. The predicted molar refractivity (Wildman–Crippen MR) is 81.9 cm³/mol. The molecule has 1 aliphatic rings. The first kappa shape index (κ1) is 15.6. The number of amides is 1. The van der Waals surface area contributed by atoms with Crippen LogP contribution in [0, 0.1) is 24.7 Å². The van der Waals surface area contributed by atoms with Crippen molar-refractivity contribution in [1.29, 1.82) is 0 Å². The van der Waals surface area contributed by atoms with Crippen LogP contribution in [0.3, 0.4) is 0 Å². The minimum absolute atomic E-state index is 0.0249. The van der Waals surface area contributed by atoms with Gasteiger partial charge in [0, 0.05) is 24.3 Å². The summed E-state index contributed by atoms with van der Waals surface area (Å²) in [6, 6.07) is 5.70. The zero-order chi connectivity index (χ0) is 15.1. The van der Waals surface area contributed by atoms with Crippen LogP contribution in [-0.4, -0.2) is 30.8 Å². The maximum absolute atomic E-state index is 12.2. The summed E-state index contributed by atoms with van der Waals surface area (Å²) >= 11 is 0. The largest absolute Gasteiger partial charge is 0.395 e. The number of anilines is 1. The molecular formula is C17H21NO3. The SMILES string of the molecule is Cc1cc(C#CCCO)ccc1NC(=O)C1CCCOC1. The Bertz CT molecular complexity index is 551. The van der Waals surface area contributed by atoms with E-state index in [0.29, 0.717) is 13.0 Å². The van der Waals surface area contributed by atoms with E-state index in [9.17, 15) is 4.79 Å². The van der Waals surface area contributed by atoms with Crippen LogP contribution in [0.5, 0.6) is 0 Å². The third-order valence-electron chi connectivity index (χ3n) is 3.48. The number of aliphatic hydroxyl groups excluding tert-OH is 1. The van der Waals surface area contributed by atoms with E-state index < -0.39 is 0 Å². The van der Waals surface area contributed by atoms with E-state index in [1.807, 2.05) is 25.1 Å². The van der Waals surface area contributed by atoms with Crippen LogP contribution in [0.1, 0.15) is 30.4 Å². The van der Waals surface area contributed by atoms with E-state index in [1.54, 1.807) is 0 Å². The van der Waals surface area contributed by atoms with Gasteiger partial charge in [-0.3, -0.25) is 4.79 Å². The second kappa shape index (κ2) is 7.82. The molecule has 1 unspecified atom stereocenters. The molecule has 1 atom stereocenters. The summed E-state index contributed by atoms with van der Waals surface area (Å²) in [6.07, 6.45) is 2.30. The summed E-state index contributed by atoms with van der Waals surface area (Å²) in [5.41, 5.74) is 2.69. The van der Waals surface area contributed by atoms with Gasteiger partial charge in [-0.1, -0.05) is 11.8 Å². The maximum atomic E-state index is 12.2. The Hall–Kier alpha value is -1.83. The molecule has 21 heavy (non-hydrogen) atoms. The minimum Gasteiger partial charge on any atom is -0.395 e. The summed E-state index contributed by atoms with van der Waals surface area (Å²) in [5, 5.41) is 11.7. The highest BCUT2D eigenvalue weighted by Crippen LogP contribution is 2.20. The number of aryl methyl sites for hydroxylation is 1. The van der Waals surface area contributed by atoms with Gasteiger partial charge < -0.3 is 15.2 Å². The Labute approximate surface area is 125 Å². The van der Waals surface area contributed by atoms with Gasteiger partial charge in [0.05, 0.1) is 19.1 Å². The standard InChI is InChI=1S/C17H21NO3/c1-13-11-14(5-2-3-9-19)7-8-16(13)18-17(20)15-6-4-10-21-12-15/h7-8,11,15,19H,3-4,6,9-10,12H2,1H3,(H,18,20). The van der Waals surface area contributed by atoms with E-state index in [1.165, 1.54) is 0 Å². The molecule has 1 aliphatic heterocycles. The van der Waals surface area contributed by atoms with Gasteiger partial charge in [0.1, 0.15) is 0 Å². The number of benzene rings is 1. The average Bonchev–Trinajstić information content (AvgIpc) is 2.51. The molecule has 1 fully saturated rings. The maximum Gasteiger partial charge on any atom is 0.229 e. The van der Waals surface area contributed by atoms with Gasteiger partial charge in [0.2, 0.25) is 5.91 Å². The molecule has 4 nitrogen and oxygen atoms in total. The fourth-order valence-corrected chi connectivity index (χ4v) is 2.28. The smallest absolute Gasteiger partial charge is 0.229 e. The van der Waals surface area contributed by atoms with Crippen LogP contribution in [0.2, 0.25) is 0 Å². The fraction of sp³-hybridized carbons (Fsp3) is 0.471. The molecule has 1 saturated heterocycles. The van der Waals surface area contributed by atoms with Crippen molar-refractivity contribution < 1.29 is 14.6 Å². The molecule has 0 radical (unpaired) electrons. The van der Waals surface area contributed by atoms with E-state index in [-0.39, 0.29) is 18.4 Å². The van der Waals surface area contributed by atoms with Crippen molar-refractivity contribution in [2.24, 2.45) is 5.92 Å². The lowest BCUT2D eigenvalue weighted by Crippen LogP contribution is -2.30. The van der Waals surface area contributed by atoms with Crippen molar-refractivity contribution in [1.82, 2.24) is 0 Å². The number of carbonyl (C=O) groups is 1. The summed E-state index contributed by atoms with van der Waals surface area (Å²) < 4.78 is 5.35. The minimum atomic E-state index is -0.0535. The van der Waals surface area contributed by atoms with E-state index in [0.717, 1.165) is 36.3 Å². The van der Waals surface area contributed by atoms with E-state index in [2.05, 4.69) is 17.2 Å². The van der Waals surface area contributed by atoms with Gasteiger partial charge in [-0.05, 0) is 43.5 Å². The molecule has 1 aromatic rings. The van der Waals surface area contributed by atoms with Crippen molar-refractivity contribution in [3.8, 4) is 11.8 Å². The first-order valence-electron chi connectivity index (χ1n) is 7.29. The molecular weight excluding hydrogens is 266 g/mol. The third kappa shape index (κ3) is 4.59. The summed E-state index contributed by atoms with van der Waals surface area (Å²) in [7, 11) is 0. The second-order valence-electron chi connectivity index (χ2n) is 5.21. The zero-order valence-corrected chi connectivity index (χ0v) is 12.3. The Morgan fingerprint density at radius 2 is 2.38 bits per heavy atom. The second-order valence-corrected chi connectivity index (χ2v) is 5.21. The molecule has 2 N–H and O–H groups in total. The van der Waals surface area contributed by atoms with Crippen molar-refractivity contribution in [2.75, 3.05) is 25.1 Å². The Morgan fingerprint density at radius 1 is 1.52 bits per heavy atom. The molecule has 0 spiro atoms. The number of carbonyl (C=O) groups excluding carboxylic acids is 1. The van der Waals surface area contributed by atoms with Gasteiger partial charge in [-0.15, -0.1) is 0 Å². The van der Waals surface area contributed by atoms with Gasteiger partial charge in [0.25, 0.3) is 0 Å². The molecule has 1 heterocycles. The number of hydrogen-bond donors (Lipinski definition) is 2. The molecule has 0 saturated carbocycles. The van der Waals surface area contributed by atoms with Crippen molar-refractivity contribution in [3.05, 3.63) is 29.3 Å². The number of nitrogens with one attached hydrogen (secondary N) is 1. The highest BCUT2D eigenvalue weighted by Gasteiger charge is 2.22. The first-order chi connectivity index (χ1) is 10.2. The molecule has 0 bridgehead atoms. The highest BCUT2D eigenvalue weighted by atomic mass is 16.5. The lowest BCUT2D eigenvalue weighted by molar-refractivity contribution is -0.123. The van der Waals surface area contributed by atoms with Crippen LogP contribution in [0.15, 0.2) is 18.2 Å².